The molecule has 112 valence electrons. The van der Waals surface area contributed by atoms with Gasteiger partial charge in [-0.3, -0.25) is 0 Å². The Morgan fingerprint density at radius 1 is 1.20 bits per heavy atom. The molecule has 2 atom stereocenters. The summed E-state index contributed by atoms with van der Waals surface area (Å²) in [6.07, 6.45) is 6.57. The van der Waals surface area contributed by atoms with Gasteiger partial charge >= 0.3 is 0 Å². The molecule has 1 saturated carbocycles. The lowest BCUT2D eigenvalue weighted by Gasteiger charge is -2.29. The van der Waals surface area contributed by atoms with Gasteiger partial charge in [0, 0.05) is 24.7 Å². The Kier molecular flexibility index (Phi) is 5.99. The van der Waals surface area contributed by atoms with E-state index in [0.29, 0.717) is 18.5 Å². The maximum atomic E-state index is 13.7. The summed E-state index contributed by atoms with van der Waals surface area (Å²) in [6, 6.07) is 7.70. The predicted molar refractivity (Wildman–Crippen MR) is 82.2 cm³/mol. The van der Waals surface area contributed by atoms with Crippen LogP contribution in [0.25, 0.3) is 0 Å². The molecule has 0 saturated heterocycles. The topological polar surface area (TPSA) is 15.3 Å². The fraction of sp³-hybridized carbons (Fsp3) is 0.647. The van der Waals surface area contributed by atoms with Crippen molar-refractivity contribution in [3.63, 3.8) is 0 Å². The van der Waals surface area contributed by atoms with Crippen molar-refractivity contribution in [1.82, 2.24) is 10.2 Å². The molecule has 0 bridgehead atoms. The van der Waals surface area contributed by atoms with E-state index in [1.807, 2.05) is 12.1 Å². The zero-order chi connectivity index (χ0) is 14.4. The Labute approximate surface area is 122 Å². The van der Waals surface area contributed by atoms with E-state index in [0.717, 1.165) is 12.1 Å². The van der Waals surface area contributed by atoms with Gasteiger partial charge in [-0.05, 0) is 38.9 Å². The molecule has 2 unspecified atom stereocenters. The van der Waals surface area contributed by atoms with Crippen molar-refractivity contribution in [1.29, 1.82) is 0 Å². The molecule has 1 aliphatic rings. The molecule has 0 aliphatic heterocycles. The summed E-state index contributed by atoms with van der Waals surface area (Å²) < 4.78 is 13.7. The summed E-state index contributed by atoms with van der Waals surface area (Å²) in [5, 5.41) is 3.47. The summed E-state index contributed by atoms with van der Waals surface area (Å²) in [6.45, 7) is 1.74. The predicted octanol–water partition coefficient (Wildman–Crippen LogP) is 3.43. The van der Waals surface area contributed by atoms with Crippen LogP contribution in [0.15, 0.2) is 24.3 Å². The monoisotopic (exact) mass is 278 g/mol. The molecule has 3 heteroatoms. The Morgan fingerprint density at radius 3 is 2.70 bits per heavy atom. The van der Waals surface area contributed by atoms with Crippen LogP contribution in [0.5, 0.6) is 0 Å². The summed E-state index contributed by atoms with van der Waals surface area (Å²) >= 11 is 0. The van der Waals surface area contributed by atoms with Gasteiger partial charge in [0.1, 0.15) is 5.82 Å². The van der Waals surface area contributed by atoms with Crippen LogP contribution in [-0.4, -0.2) is 31.6 Å². The number of hydrogen-bond acceptors (Lipinski definition) is 2. The van der Waals surface area contributed by atoms with Gasteiger partial charge in [0.05, 0.1) is 0 Å². The minimum Gasteiger partial charge on any atom is -0.317 e. The van der Waals surface area contributed by atoms with Crippen molar-refractivity contribution in [2.45, 2.75) is 44.7 Å². The van der Waals surface area contributed by atoms with Gasteiger partial charge in [0.25, 0.3) is 0 Å². The Hall–Kier alpha value is -0.930. The van der Waals surface area contributed by atoms with Crippen LogP contribution in [0.2, 0.25) is 0 Å². The van der Waals surface area contributed by atoms with E-state index >= 15 is 0 Å². The highest BCUT2D eigenvalue weighted by Crippen LogP contribution is 2.24. The summed E-state index contributed by atoms with van der Waals surface area (Å²) in [5.74, 6) is 0.588. The molecular weight excluding hydrogens is 251 g/mol. The molecular formula is C17H27FN2. The molecule has 0 heterocycles. The molecule has 0 amide bonds. The Morgan fingerprint density at radius 2 is 1.95 bits per heavy atom. The molecule has 1 fully saturated rings. The lowest BCUT2D eigenvalue weighted by molar-refractivity contribution is 0.221. The van der Waals surface area contributed by atoms with Gasteiger partial charge in [-0.2, -0.15) is 0 Å². The van der Waals surface area contributed by atoms with E-state index in [1.165, 1.54) is 32.1 Å². The molecule has 1 aromatic rings. The van der Waals surface area contributed by atoms with Crippen molar-refractivity contribution >= 4 is 0 Å². The first kappa shape index (κ1) is 15.5. The van der Waals surface area contributed by atoms with E-state index in [4.69, 9.17) is 0 Å². The van der Waals surface area contributed by atoms with Crippen molar-refractivity contribution in [3.8, 4) is 0 Å². The average molecular weight is 278 g/mol. The number of hydrogen-bond donors (Lipinski definition) is 1. The number of halogens is 1. The lowest BCUT2D eigenvalue weighted by Crippen LogP contribution is -2.39. The maximum Gasteiger partial charge on any atom is 0.127 e. The third-order valence-electron chi connectivity index (χ3n) is 4.47. The van der Waals surface area contributed by atoms with Crippen LogP contribution in [0.1, 0.15) is 37.7 Å². The largest absolute Gasteiger partial charge is 0.317 e. The number of nitrogens with one attached hydrogen (secondary N) is 1. The van der Waals surface area contributed by atoms with E-state index in [1.54, 1.807) is 12.1 Å². The molecule has 1 aromatic carbocycles. The summed E-state index contributed by atoms with van der Waals surface area (Å²) in [5.41, 5.74) is 0.796. The van der Waals surface area contributed by atoms with Crippen LogP contribution < -0.4 is 5.32 Å². The van der Waals surface area contributed by atoms with E-state index in [2.05, 4.69) is 24.3 Å². The molecule has 2 nitrogen and oxygen atoms in total. The zero-order valence-corrected chi connectivity index (χ0v) is 12.7. The second kappa shape index (κ2) is 7.75. The second-order valence-corrected chi connectivity index (χ2v) is 6.08. The Bertz CT molecular complexity index is 408. The highest BCUT2D eigenvalue weighted by Gasteiger charge is 2.23. The summed E-state index contributed by atoms with van der Waals surface area (Å²) in [4.78, 5) is 2.26. The average Bonchev–Trinajstić information content (AvgIpc) is 2.66. The van der Waals surface area contributed by atoms with Crippen LogP contribution in [0.4, 0.5) is 4.39 Å². The molecule has 1 N–H and O–H groups in total. The molecule has 1 aliphatic carbocycles. The first-order chi connectivity index (χ1) is 9.70. The van der Waals surface area contributed by atoms with Gasteiger partial charge in [-0.25, -0.2) is 4.39 Å². The fourth-order valence-electron chi connectivity index (χ4n) is 3.37. The summed E-state index contributed by atoms with van der Waals surface area (Å²) in [7, 11) is 4.17. The fourth-order valence-corrected chi connectivity index (χ4v) is 3.37. The standard InChI is InChI=1S/C17H27FN2/c1-19-17-11-5-3-4-9-15(17)13-20(2)12-14-8-6-7-10-16(14)18/h6-8,10,15,17,19H,3-5,9,11-13H2,1-2H3. The van der Waals surface area contributed by atoms with E-state index < -0.39 is 0 Å². The smallest absolute Gasteiger partial charge is 0.127 e. The van der Waals surface area contributed by atoms with Crippen molar-refractivity contribution in [3.05, 3.63) is 35.6 Å². The molecule has 0 spiro atoms. The first-order valence-electron chi connectivity index (χ1n) is 7.80. The van der Waals surface area contributed by atoms with Crippen LogP contribution >= 0.6 is 0 Å². The second-order valence-electron chi connectivity index (χ2n) is 6.08. The maximum absolute atomic E-state index is 13.7. The van der Waals surface area contributed by atoms with Crippen molar-refractivity contribution in [2.24, 2.45) is 5.92 Å². The first-order valence-corrected chi connectivity index (χ1v) is 7.80. The van der Waals surface area contributed by atoms with Gasteiger partial charge in [-0.15, -0.1) is 0 Å². The van der Waals surface area contributed by atoms with Gasteiger partial charge in [-0.1, -0.05) is 37.5 Å². The highest BCUT2D eigenvalue weighted by molar-refractivity contribution is 5.17. The number of rotatable bonds is 5. The number of benzene rings is 1. The van der Waals surface area contributed by atoms with E-state index in [9.17, 15) is 4.39 Å². The molecule has 20 heavy (non-hydrogen) atoms. The zero-order valence-electron chi connectivity index (χ0n) is 12.7. The third kappa shape index (κ3) is 4.29. The molecule has 0 aromatic heterocycles. The van der Waals surface area contributed by atoms with Crippen molar-refractivity contribution in [2.75, 3.05) is 20.6 Å². The SMILES string of the molecule is CNC1CCCCCC1CN(C)Cc1ccccc1F. The van der Waals surface area contributed by atoms with Crippen LogP contribution in [0.3, 0.4) is 0 Å². The van der Waals surface area contributed by atoms with Crippen LogP contribution in [-0.2, 0) is 6.54 Å². The minimum atomic E-state index is -0.0922. The minimum absolute atomic E-state index is 0.0922. The van der Waals surface area contributed by atoms with Crippen LogP contribution in [0, 0.1) is 11.7 Å². The third-order valence-corrected chi connectivity index (χ3v) is 4.47. The van der Waals surface area contributed by atoms with Crippen molar-refractivity contribution < 1.29 is 4.39 Å². The quantitative estimate of drug-likeness (QED) is 0.830. The Balaban J connectivity index is 1.92. The van der Waals surface area contributed by atoms with Gasteiger partial charge in [0.15, 0.2) is 0 Å². The molecule has 2 rings (SSSR count). The van der Waals surface area contributed by atoms with Gasteiger partial charge < -0.3 is 10.2 Å². The highest BCUT2D eigenvalue weighted by atomic mass is 19.1. The van der Waals surface area contributed by atoms with E-state index in [-0.39, 0.29) is 5.82 Å². The van der Waals surface area contributed by atoms with Gasteiger partial charge in [0.2, 0.25) is 0 Å². The molecule has 0 radical (unpaired) electrons. The normalized spacial score (nSPS) is 23.8. The number of nitrogens with zero attached hydrogens (tertiary/aromatic N) is 1. The lowest BCUT2D eigenvalue weighted by atomic mass is 9.94.